The summed E-state index contributed by atoms with van der Waals surface area (Å²) in [6.45, 7) is 0. The molecule has 0 radical (unpaired) electrons. The van der Waals surface area contributed by atoms with Crippen LogP contribution in [0, 0.1) is 11.7 Å². The molecule has 2 aliphatic carbocycles. The first kappa shape index (κ1) is 17.3. The van der Waals surface area contributed by atoms with Gasteiger partial charge in [-0.2, -0.15) is 5.10 Å². The lowest BCUT2D eigenvalue weighted by Gasteiger charge is -2.26. The molecule has 2 aromatic heterocycles. The Balaban J connectivity index is 1.61. The van der Waals surface area contributed by atoms with Crippen LogP contribution in [0.25, 0.3) is 11.3 Å². The fourth-order valence-corrected chi connectivity index (χ4v) is 3.64. The van der Waals surface area contributed by atoms with E-state index in [1.54, 1.807) is 7.05 Å². The number of hydrogen-bond acceptors (Lipinski definition) is 5. The maximum Gasteiger partial charge on any atom is 0.223 e. The molecule has 140 valence electrons. The molecule has 26 heavy (non-hydrogen) atoms. The minimum absolute atomic E-state index is 0.00177. The van der Waals surface area contributed by atoms with Crippen molar-refractivity contribution in [1.29, 1.82) is 0 Å². The van der Waals surface area contributed by atoms with Gasteiger partial charge in [-0.25, -0.2) is 18.7 Å². The normalized spacial score (nSPS) is 24.5. The van der Waals surface area contributed by atoms with Gasteiger partial charge in [-0.05, 0) is 44.4 Å². The number of aryl methyl sites for hydroxylation is 1. The topological polar surface area (TPSA) is 81.7 Å². The van der Waals surface area contributed by atoms with Gasteiger partial charge in [0.2, 0.25) is 5.95 Å². The maximum absolute atomic E-state index is 14.7. The first-order valence-electron chi connectivity index (χ1n) is 9.24. The van der Waals surface area contributed by atoms with E-state index in [1.807, 2.05) is 0 Å². The number of nitrogens with zero attached hydrogens (tertiary/aromatic N) is 4. The highest BCUT2D eigenvalue weighted by molar-refractivity contribution is 5.63. The lowest BCUT2D eigenvalue weighted by Crippen LogP contribution is -2.33. The van der Waals surface area contributed by atoms with Gasteiger partial charge in [0, 0.05) is 24.7 Å². The molecule has 0 saturated heterocycles. The summed E-state index contributed by atoms with van der Waals surface area (Å²) in [7, 11) is 1.68. The van der Waals surface area contributed by atoms with Gasteiger partial charge in [-0.3, -0.25) is 4.68 Å². The summed E-state index contributed by atoms with van der Waals surface area (Å²) in [5, 5.41) is 7.40. The van der Waals surface area contributed by atoms with Crippen molar-refractivity contribution in [2.24, 2.45) is 18.7 Å². The summed E-state index contributed by atoms with van der Waals surface area (Å²) in [5.74, 6) is -0.213. The maximum atomic E-state index is 14.7. The molecule has 0 bridgehead atoms. The zero-order valence-electron chi connectivity index (χ0n) is 14.8. The van der Waals surface area contributed by atoms with Crippen LogP contribution in [-0.4, -0.2) is 31.8 Å². The zero-order valence-corrected chi connectivity index (χ0v) is 14.8. The Labute approximate surface area is 151 Å². The molecule has 8 heteroatoms. The fraction of sp³-hybridized carbons (Fsp3) is 0.611. The lowest BCUT2D eigenvalue weighted by molar-refractivity contribution is 0.290. The van der Waals surface area contributed by atoms with Crippen molar-refractivity contribution in [3.05, 3.63) is 23.9 Å². The van der Waals surface area contributed by atoms with Crippen LogP contribution < -0.4 is 11.1 Å². The lowest BCUT2D eigenvalue weighted by atomic mass is 9.92. The van der Waals surface area contributed by atoms with Gasteiger partial charge < -0.3 is 11.1 Å². The second-order valence-corrected chi connectivity index (χ2v) is 7.45. The highest BCUT2D eigenvalue weighted by Gasteiger charge is 2.36. The molecule has 2 saturated carbocycles. The molecule has 1 unspecified atom stereocenters. The minimum Gasteiger partial charge on any atom is -0.351 e. The first-order chi connectivity index (χ1) is 12.5. The first-order valence-corrected chi connectivity index (χ1v) is 9.24. The summed E-state index contributed by atoms with van der Waals surface area (Å²) in [6.07, 6.45) is 6.95. The molecule has 0 aromatic carbocycles. The van der Waals surface area contributed by atoms with Gasteiger partial charge in [-0.15, -0.1) is 0 Å². The van der Waals surface area contributed by atoms with E-state index < -0.39 is 12.0 Å². The molecule has 1 atom stereocenters. The summed E-state index contributed by atoms with van der Waals surface area (Å²) >= 11 is 0. The smallest absolute Gasteiger partial charge is 0.223 e. The third-order valence-corrected chi connectivity index (χ3v) is 5.39. The van der Waals surface area contributed by atoms with Crippen molar-refractivity contribution in [2.45, 2.75) is 56.8 Å². The SMILES string of the molecule is Cn1ncc(-c2nc(N[C@H]3CC[C@H](N)CC3)ncc2F)c1C(F)C1CC1. The summed E-state index contributed by atoms with van der Waals surface area (Å²) < 4.78 is 30.7. The molecular weight excluding hydrogens is 338 g/mol. The molecule has 2 heterocycles. The van der Waals surface area contributed by atoms with Gasteiger partial charge in [0.15, 0.2) is 5.82 Å². The predicted molar refractivity (Wildman–Crippen MR) is 94.6 cm³/mol. The van der Waals surface area contributed by atoms with E-state index in [0.29, 0.717) is 17.2 Å². The Kier molecular flexibility index (Phi) is 4.60. The van der Waals surface area contributed by atoms with Crippen LogP contribution in [0.15, 0.2) is 12.4 Å². The number of rotatable bonds is 5. The molecule has 0 aliphatic heterocycles. The molecule has 2 fully saturated rings. The van der Waals surface area contributed by atoms with Gasteiger partial charge in [-0.1, -0.05) is 0 Å². The van der Waals surface area contributed by atoms with Crippen LogP contribution in [-0.2, 0) is 7.05 Å². The van der Waals surface area contributed by atoms with Crippen molar-refractivity contribution in [3.8, 4) is 11.3 Å². The summed E-state index contributed by atoms with van der Waals surface area (Å²) in [5.41, 5.74) is 6.82. The van der Waals surface area contributed by atoms with E-state index in [4.69, 9.17) is 5.73 Å². The van der Waals surface area contributed by atoms with E-state index in [0.717, 1.165) is 44.7 Å². The van der Waals surface area contributed by atoms with Crippen molar-refractivity contribution in [1.82, 2.24) is 19.7 Å². The van der Waals surface area contributed by atoms with Gasteiger partial charge in [0.25, 0.3) is 0 Å². The molecule has 2 aliphatic rings. The summed E-state index contributed by atoms with van der Waals surface area (Å²) in [6, 6.07) is 0.474. The van der Waals surface area contributed by atoms with Gasteiger partial charge in [0.05, 0.1) is 18.1 Å². The highest BCUT2D eigenvalue weighted by atomic mass is 19.1. The fourth-order valence-electron chi connectivity index (χ4n) is 3.64. The van der Waals surface area contributed by atoms with Crippen molar-refractivity contribution >= 4 is 5.95 Å². The third kappa shape index (κ3) is 3.42. The van der Waals surface area contributed by atoms with Crippen LogP contribution in [0.3, 0.4) is 0 Å². The average molecular weight is 362 g/mol. The van der Waals surface area contributed by atoms with E-state index in [1.165, 1.54) is 10.9 Å². The third-order valence-electron chi connectivity index (χ3n) is 5.39. The van der Waals surface area contributed by atoms with Crippen molar-refractivity contribution in [3.63, 3.8) is 0 Å². The number of nitrogens with two attached hydrogens (primary N) is 1. The number of anilines is 1. The second kappa shape index (κ2) is 6.90. The van der Waals surface area contributed by atoms with E-state index >= 15 is 0 Å². The number of nitrogens with one attached hydrogen (secondary N) is 1. The highest BCUT2D eigenvalue weighted by Crippen LogP contribution is 2.45. The van der Waals surface area contributed by atoms with Crippen LogP contribution >= 0.6 is 0 Å². The Morgan fingerprint density at radius 2 is 1.92 bits per heavy atom. The van der Waals surface area contributed by atoms with Crippen LogP contribution in [0.2, 0.25) is 0 Å². The van der Waals surface area contributed by atoms with Gasteiger partial charge >= 0.3 is 0 Å². The Bertz CT molecular complexity index is 780. The second-order valence-electron chi connectivity index (χ2n) is 7.45. The average Bonchev–Trinajstić information content (AvgIpc) is 3.41. The van der Waals surface area contributed by atoms with Gasteiger partial charge in [0.1, 0.15) is 11.9 Å². The van der Waals surface area contributed by atoms with E-state index in [-0.39, 0.29) is 23.7 Å². The standard InChI is InChI=1S/C18H24F2N6/c1-26-17(15(20)10-2-3-10)13(8-23-26)16-14(19)9-22-18(25-16)24-12-6-4-11(21)5-7-12/h8-12,15H,2-7,21H2,1H3,(H,22,24,25)/t11-,12-,15?. The number of aromatic nitrogens is 4. The molecule has 6 nitrogen and oxygen atoms in total. The Morgan fingerprint density at radius 1 is 1.19 bits per heavy atom. The van der Waals surface area contributed by atoms with Crippen LogP contribution in [0.5, 0.6) is 0 Å². The largest absolute Gasteiger partial charge is 0.351 e. The number of alkyl halides is 1. The molecule has 3 N–H and O–H groups in total. The molecule has 0 spiro atoms. The Morgan fingerprint density at radius 3 is 2.62 bits per heavy atom. The van der Waals surface area contributed by atoms with Crippen LogP contribution in [0.1, 0.15) is 50.4 Å². The molecule has 4 rings (SSSR count). The monoisotopic (exact) mass is 362 g/mol. The van der Waals surface area contributed by atoms with Crippen molar-refractivity contribution in [2.75, 3.05) is 5.32 Å². The zero-order chi connectivity index (χ0) is 18.3. The van der Waals surface area contributed by atoms with E-state index in [2.05, 4.69) is 20.4 Å². The quantitative estimate of drug-likeness (QED) is 0.854. The van der Waals surface area contributed by atoms with E-state index in [9.17, 15) is 8.78 Å². The minimum atomic E-state index is -1.15. The number of halogens is 2. The Hall–Kier alpha value is -2.09. The number of hydrogen-bond donors (Lipinski definition) is 2. The molecule has 0 amide bonds. The van der Waals surface area contributed by atoms with Crippen LogP contribution in [0.4, 0.5) is 14.7 Å². The summed E-state index contributed by atoms with van der Waals surface area (Å²) in [4.78, 5) is 8.40. The van der Waals surface area contributed by atoms with Crippen molar-refractivity contribution < 1.29 is 8.78 Å². The molecule has 2 aromatic rings. The molecular formula is C18H24F2N6. The predicted octanol–water partition coefficient (Wildman–Crippen LogP) is 3.12.